The van der Waals surface area contributed by atoms with Gasteiger partial charge in [0.2, 0.25) is 0 Å². The van der Waals surface area contributed by atoms with E-state index < -0.39 is 6.03 Å². The maximum Gasteiger partial charge on any atom is 0.329 e. The van der Waals surface area contributed by atoms with Gasteiger partial charge in [-0.25, -0.2) is 13.9 Å². The van der Waals surface area contributed by atoms with Crippen molar-refractivity contribution in [3.8, 4) is 5.75 Å². The molecule has 0 spiro atoms. The first-order chi connectivity index (χ1) is 14.5. The van der Waals surface area contributed by atoms with E-state index in [1.165, 1.54) is 0 Å². The average molecular weight is 449 g/mol. The fourth-order valence-electron chi connectivity index (χ4n) is 3.25. The molecule has 1 aliphatic heterocycles. The third-order valence-corrected chi connectivity index (χ3v) is 5.53. The number of thiol groups is 1. The summed E-state index contributed by atoms with van der Waals surface area (Å²) in [5.74, 6) is 0.654. The van der Waals surface area contributed by atoms with Crippen LogP contribution in [0.15, 0.2) is 48.5 Å². The van der Waals surface area contributed by atoms with Gasteiger partial charge in [-0.1, -0.05) is 30.5 Å². The largest absolute Gasteiger partial charge is 0.494 e. The first kappa shape index (κ1) is 22.1. The Morgan fingerprint density at radius 1 is 1.13 bits per heavy atom. The van der Waals surface area contributed by atoms with Gasteiger partial charge in [0.15, 0.2) is 0 Å². The molecular weight excluding hydrogens is 424 g/mol. The molecule has 0 aliphatic carbocycles. The molecule has 2 aromatic rings. The van der Waals surface area contributed by atoms with Crippen LogP contribution in [0.3, 0.4) is 0 Å². The lowest BCUT2D eigenvalue weighted by Gasteiger charge is -2.18. The summed E-state index contributed by atoms with van der Waals surface area (Å²) in [5.41, 5.74) is 6.65. The minimum Gasteiger partial charge on any atom is -0.494 e. The Morgan fingerprint density at radius 2 is 1.90 bits per heavy atom. The van der Waals surface area contributed by atoms with Gasteiger partial charge in [0.25, 0.3) is 0 Å². The number of nitrogens with zero attached hydrogens (tertiary/aromatic N) is 3. The summed E-state index contributed by atoms with van der Waals surface area (Å²) in [6.07, 6.45) is 2.73. The minimum atomic E-state index is -0.651. The van der Waals surface area contributed by atoms with Gasteiger partial charge in [-0.3, -0.25) is 4.90 Å². The second kappa shape index (κ2) is 10.4. The fraction of sp³-hybridized carbons (Fsp3) is 0.333. The second-order valence-electron chi connectivity index (χ2n) is 6.95. The minimum absolute atomic E-state index is 0.0381. The Hall–Kier alpha value is -2.58. The Kier molecular flexibility index (Phi) is 7.70. The number of carbonyl (C=O) groups excluding carboxylic acids is 2. The van der Waals surface area contributed by atoms with Crippen LogP contribution in [0.2, 0.25) is 5.02 Å². The van der Waals surface area contributed by atoms with Crippen LogP contribution in [0.5, 0.6) is 5.75 Å². The predicted molar refractivity (Wildman–Crippen MR) is 123 cm³/mol. The molecular formula is C21H25ClN4O3S. The smallest absolute Gasteiger partial charge is 0.329 e. The molecule has 2 N–H and O–H groups in total. The Balaban J connectivity index is 1.36. The standard InChI is InChI=1S/C21H25ClN4O3S/c22-16-7-9-17(10-8-16)25-13-12-24(21(25)28)11-2-1-3-14-29-19-6-4-5-18(15-19)26(30)20(23)27/h4-10,15,30H,1-3,11-14H2,(H2,23,27). The molecule has 0 bridgehead atoms. The van der Waals surface area contributed by atoms with Gasteiger partial charge in [0.05, 0.1) is 12.3 Å². The summed E-state index contributed by atoms with van der Waals surface area (Å²) in [6.45, 7) is 2.70. The van der Waals surface area contributed by atoms with Crippen molar-refractivity contribution in [1.29, 1.82) is 0 Å². The maximum atomic E-state index is 12.6. The maximum absolute atomic E-state index is 12.6. The topological polar surface area (TPSA) is 79.1 Å². The highest BCUT2D eigenvalue weighted by molar-refractivity contribution is 7.82. The van der Waals surface area contributed by atoms with Crippen molar-refractivity contribution in [3.05, 3.63) is 53.6 Å². The third-order valence-electron chi connectivity index (χ3n) is 4.85. The summed E-state index contributed by atoms with van der Waals surface area (Å²) in [5, 5.41) is 0.659. The van der Waals surface area contributed by atoms with Crippen molar-refractivity contribution >= 4 is 47.9 Å². The fourth-order valence-corrected chi connectivity index (χ4v) is 3.50. The summed E-state index contributed by atoms with van der Waals surface area (Å²) in [7, 11) is 0. The molecule has 0 unspecified atom stereocenters. The number of unbranched alkanes of at least 4 members (excludes halogenated alkanes) is 2. The third kappa shape index (κ3) is 5.73. The highest BCUT2D eigenvalue weighted by Crippen LogP contribution is 2.24. The normalized spacial score (nSPS) is 13.6. The van der Waals surface area contributed by atoms with E-state index in [0.717, 1.165) is 42.3 Å². The van der Waals surface area contributed by atoms with Crippen molar-refractivity contribution in [2.45, 2.75) is 19.3 Å². The summed E-state index contributed by atoms with van der Waals surface area (Å²) in [4.78, 5) is 27.4. The molecule has 0 aromatic heterocycles. The van der Waals surface area contributed by atoms with Crippen LogP contribution < -0.4 is 19.7 Å². The quantitative estimate of drug-likeness (QED) is 0.436. The van der Waals surface area contributed by atoms with E-state index in [9.17, 15) is 9.59 Å². The summed E-state index contributed by atoms with van der Waals surface area (Å²) >= 11 is 9.96. The summed E-state index contributed by atoms with van der Waals surface area (Å²) < 4.78 is 6.80. The van der Waals surface area contributed by atoms with Gasteiger partial charge in [0.1, 0.15) is 5.75 Å². The van der Waals surface area contributed by atoms with Crippen LogP contribution in [0.1, 0.15) is 19.3 Å². The van der Waals surface area contributed by atoms with E-state index in [1.54, 1.807) is 35.2 Å². The Morgan fingerprint density at radius 3 is 2.63 bits per heavy atom. The van der Waals surface area contributed by atoms with E-state index >= 15 is 0 Å². The van der Waals surface area contributed by atoms with Crippen molar-refractivity contribution in [2.24, 2.45) is 5.73 Å². The van der Waals surface area contributed by atoms with Crippen molar-refractivity contribution in [3.63, 3.8) is 0 Å². The first-order valence-electron chi connectivity index (χ1n) is 9.79. The number of amides is 4. The molecule has 30 heavy (non-hydrogen) atoms. The lowest BCUT2D eigenvalue weighted by molar-refractivity contribution is 0.219. The van der Waals surface area contributed by atoms with Crippen LogP contribution in [0.25, 0.3) is 0 Å². The molecule has 0 radical (unpaired) electrons. The van der Waals surface area contributed by atoms with Crippen LogP contribution in [0.4, 0.5) is 21.0 Å². The second-order valence-corrected chi connectivity index (χ2v) is 7.79. The number of halogens is 1. The van der Waals surface area contributed by atoms with Crippen molar-refractivity contribution in [2.75, 3.05) is 35.4 Å². The van der Waals surface area contributed by atoms with Crippen LogP contribution in [-0.4, -0.2) is 43.2 Å². The number of anilines is 2. The number of primary amides is 1. The SMILES string of the molecule is NC(=O)N(S)c1cccc(OCCCCCN2CCN(c3ccc(Cl)cc3)C2=O)c1. The highest BCUT2D eigenvalue weighted by atomic mass is 35.5. The highest BCUT2D eigenvalue weighted by Gasteiger charge is 2.28. The van der Waals surface area contributed by atoms with Gasteiger partial charge < -0.3 is 15.4 Å². The molecule has 1 fully saturated rings. The summed E-state index contributed by atoms with van der Waals surface area (Å²) in [6, 6.07) is 13.8. The molecule has 1 heterocycles. The average Bonchev–Trinajstić information content (AvgIpc) is 3.11. The number of ether oxygens (including phenoxy) is 1. The number of urea groups is 2. The molecule has 1 saturated heterocycles. The van der Waals surface area contributed by atoms with Gasteiger partial charge in [-0.05, 0) is 55.7 Å². The van der Waals surface area contributed by atoms with Crippen molar-refractivity contribution < 1.29 is 14.3 Å². The lowest BCUT2D eigenvalue weighted by atomic mass is 10.2. The number of hydrogen-bond acceptors (Lipinski definition) is 4. The van der Waals surface area contributed by atoms with Gasteiger partial charge >= 0.3 is 12.1 Å². The predicted octanol–water partition coefficient (Wildman–Crippen LogP) is 4.56. The number of hydrogen-bond donors (Lipinski definition) is 2. The van der Waals surface area contributed by atoms with E-state index in [4.69, 9.17) is 22.1 Å². The van der Waals surface area contributed by atoms with Gasteiger partial charge in [0, 0.05) is 36.4 Å². The van der Waals surface area contributed by atoms with Gasteiger partial charge in [-0.2, -0.15) is 0 Å². The zero-order chi connectivity index (χ0) is 21.5. The number of benzene rings is 2. The van der Waals surface area contributed by atoms with E-state index in [0.29, 0.717) is 29.6 Å². The molecule has 1 aliphatic rings. The zero-order valence-electron chi connectivity index (χ0n) is 16.5. The van der Waals surface area contributed by atoms with E-state index in [2.05, 4.69) is 12.8 Å². The molecule has 0 saturated carbocycles. The van der Waals surface area contributed by atoms with E-state index in [-0.39, 0.29) is 6.03 Å². The number of carbonyl (C=O) groups is 2. The molecule has 9 heteroatoms. The molecule has 2 aromatic carbocycles. The number of nitrogens with two attached hydrogens (primary N) is 1. The molecule has 160 valence electrons. The van der Waals surface area contributed by atoms with Crippen molar-refractivity contribution in [1.82, 2.24) is 4.90 Å². The van der Waals surface area contributed by atoms with Crippen LogP contribution >= 0.6 is 24.4 Å². The van der Waals surface area contributed by atoms with E-state index in [1.807, 2.05) is 23.1 Å². The van der Waals surface area contributed by atoms with Crippen LogP contribution in [-0.2, 0) is 0 Å². The Labute approximate surface area is 186 Å². The zero-order valence-corrected chi connectivity index (χ0v) is 18.2. The van der Waals surface area contributed by atoms with Gasteiger partial charge in [-0.15, -0.1) is 0 Å². The van der Waals surface area contributed by atoms with Crippen LogP contribution in [0, 0.1) is 0 Å². The molecule has 3 rings (SSSR count). The monoisotopic (exact) mass is 448 g/mol. The number of rotatable bonds is 9. The molecule has 0 atom stereocenters. The molecule has 4 amide bonds. The molecule has 7 nitrogen and oxygen atoms in total. The Bertz CT molecular complexity index is 881. The first-order valence-corrected chi connectivity index (χ1v) is 10.6. The lowest BCUT2D eigenvalue weighted by Crippen LogP contribution is -2.32.